The van der Waals surface area contributed by atoms with E-state index in [1.54, 1.807) is 4.90 Å². The lowest BCUT2D eigenvalue weighted by molar-refractivity contribution is -0.143. The largest absolute Gasteiger partial charge is 0.483 e. The Bertz CT molecular complexity index is 934. The molecule has 1 atom stereocenters. The van der Waals surface area contributed by atoms with Crippen LogP contribution in [0.25, 0.3) is 0 Å². The van der Waals surface area contributed by atoms with Gasteiger partial charge in [0.2, 0.25) is 5.91 Å². The van der Waals surface area contributed by atoms with E-state index >= 15 is 0 Å². The molecule has 0 heterocycles. The van der Waals surface area contributed by atoms with Crippen molar-refractivity contribution in [3.8, 4) is 5.75 Å². The second kappa shape index (κ2) is 11.2. The maximum atomic E-state index is 13.4. The lowest BCUT2D eigenvalue weighted by Gasteiger charge is -2.32. The zero-order valence-electron chi connectivity index (χ0n) is 19.8. The summed E-state index contributed by atoms with van der Waals surface area (Å²) < 4.78 is 5.91. The van der Waals surface area contributed by atoms with Crippen LogP contribution in [0, 0.1) is 20.8 Å². The first kappa shape index (κ1) is 23.8. The van der Waals surface area contributed by atoms with E-state index in [0.717, 1.165) is 47.9 Å². The molecular weight excluding hydrogens is 400 g/mol. The second-order valence-electron chi connectivity index (χ2n) is 8.92. The molecule has 2 aromatic carbocycles. The van der Waals surface area contributed by atoms with Gasteiger partial charge in [0.05, 0.1) is 0 Å². The molecule has 2 aromatic rings. The number of ether oxygens (including phenoxy) is 1. The van der Waals surface area contributed by atoms with Gasteiger partial charge in [0.1, 0.15) is 11.8 Å². The fraction of sp³-hybridized carbons (Fsp3) is 0.481. The molecule has 0 aromatic heterocycles. The number of benzene rings is 2. The molecule has 1 N–H and O–H groups in total. The minimum Gasteiger partial charge on any atom is -0.483 e. The summed E-state index contributed by atoms with van der Waals surface area (Å²) in [7, 11) is 0. The van der Waals surface area contributed by atoms with Crippen molar-refractivity contribution in [3.63, 3.8) is 0 Å². The summed E-state index contributed by atoms with van der Waals surface area (Å²) in [5.74, 6) is 0.466. The number of aryl methyl sites for hydroxylation is 3. The fourth-order valence-corrected chi connectivity index (χ4v) is 4.34. The Morgan fingerprint density at radius 2 is 1.78 bits per heavy atom. The van der Waals surface area contributed by atoms with E-state index in [1.807, 2.05) is 70.2 Å². The molecule has 0 aliphatic heterocycles. The van der Waals surface area contributed by atoms with Gasteiger partial charge in [-0.05, 0) is 68.4 Å². The number of carbonyl (C=O) groups excluding carboxylic acids is 2. The average molecular weight is 437 g/mol. The number of nitrogens with one attached hydrogen (secondary N) is 1. The van der Waals surface area contributed by atoms with Crippen LogP contribution >= 0.6 is 0 Å². The van der Waals surface area contributed by atoms with Gasteiger partial charge in [-0.25, -0.2) is 0 Å². The van der Waals surface area contributed by atoms with Gasteiger partial charge in [-0.15, -0.1) is 0 Å². The quantitative estimate of drug-likeness (QED) is 0.611. The van der Waals surface area contributed by atoms with Crippen LogP contribution < -0.4 is 10.1 Å². The van der Waals surface area contributed by atoms with Gasteiger partial charge < -0.3 is 15.0 Å². The fourth-order valence-electron chi connectivity index (χ4n) is 4.34. The van der Waals surface area contributed by atoms with Crippen LogP contribution in [0.3, 0.4) is 0 Å². The van der Waals surface area contributed by atoms with Crippen molar-refractivity contribution >= 4 is 11.8 Å². The highest BCUT2D eigenvalue weighted by molar-refractivity contribution is 5.88. The Balaban J connectivity index is 1.79. The first-order valence-electron chi connectivity index (χ1n) is 11.7. The second-order valence-corrected chi connectivity index (χ2v) is 8.92. The number of carbonyl (C=O) groups is 2. The van der Waals surface area contributed by atoms with E-state index < -0.39 is 6.04 Å². The SMILES string of the molecule is CC[C@@H](C(=O)NC1CCCC1)N(Cc1ccccc1C)C(=O)COc1cc(C)ccc1C. The van der Waals surface area contributed by atoms with Crippen LogP contribution in [-0.4, -0.2) is 35.4 Å². The monoisotopic (exact) mass is 436 g/mol. The Hall–Kier alpha value is -2.82. The molecule has 2 amide bonds. The summed E-state index contributed by atoms with van der Waals surface area (Å²) in [5.41, 5.74) is 4.21. The zero-order chi connectivity index (χ0) is 23.1. The number of amides is 2. The molecule has 1 aliphatic rings. The summed E-state index contributed by atoms with van der Waals surface area (Å²) in [6, 6.07) is 13.7. The normalized spacial score (nSPS) is 14.8. The lowest BCUT2D eigenvalue weighted by Crippen LogP contribution is -2.52. The third-order valence-electron chi connectivity index (χ3n) is 6.38. The molecule has 5 nitrogen and oxygen atoms in total. The van der Waals surface area contributed by atoms with Crippen molar-refractivity contribution in [1.82, 2.24) is 10.2 Å². The van der Waals surface area contributed by atoms with Crippen molar-refractivity contribution < 1.29 is 14.3 Å². The summed E-state index contributed by atoms with van der Waals surface area (Å²) in [6.07, 6.45) is 4.89. The summed E-state index contributed by atoms with van der Waals surface area (Å²) in [6.45, 7) is 8.25. The molecule has 0 unspecified atom stereocenters. The van der Waals surface area contributed by atoms with Crippen LogP contribution in [0.2, 0.25) is 0 Å². The van der Waals surface area contributed by atoms with E-state index in [2.05, 4.69) is 5.32 Å². The maximum Gasteiger partial charge on any atom is 0.261 e. The Morgan fingerprint density at radius 3 is 2.47 bits per heavy atom. The Kier molecular flexibility index (Phi) is 8.32. The zero-order valence-corrected chi connectivity index (χ0v) is 19.8. The van der Waals surface area contributed by atoms with E-state index in [0.29, 0.717) is 18.7 Å². The molecule has 172 valence electrons. The van der Waals surface area contributed by atoms with Crippen molar-refractivity contribution in [2.75, 3.05) is 6.61 Å². The summed E-state index contributed by atoms with van der Waals surface area (Å²) in [5, 5.41) is 3.18. The number of hydrogen-bond acceptors (Lipinski definition) is 3. The minimum absolute atomic E-state index is 0.0620. The predicted octanol–water partition coefficient (Wildman–Crippen LogP) is 4.86. The van der Waals surface area contributed by atoms with Gasteiger partial charge in [0.25, 0.3) is 5.91 Å². The van der Waals surface area contributed by atoms with Gasteiger partial charge in [0, 0.05) is 12.6 Å². The van der Waals surface area contributed by atoms with Gasteiger partial charge in [-0.3, -0.25) is 9.59 Å². The van der Waals surface area contributed by atoms with Crippen LogP contribution in [0.4, 0.5) is 0 Å². The molecule has 1 fully saturated rings. The van der Waals surface area contributed by atoms with Gasteiger partial charge in [0.15, 0.2) is 6.61 Å². The van der Waals surface area contributed by atoms with E-state index in [1.165, 1.54) is 0 Å². The number of rotatable bonds is 9. The summed E-state index contributed by atoms with van der Waals surface area (Å²) in [4.78, 5) is 28.3. The van der Waals surface area contributed by atoms with Crippen molar-refractivity contribution in [2.45, 2.75) is 78.4 Å². The van der Waals surface area contributed by atoms with Crippen molar-refractivity contribution in [3.05, 3.63) is 64.7 Å². The van der Waals surface area contributed by atoms with Crippen molar-refractivity contribution in [2.24, 2.45) is 0 Å². The Morgan fingerprint density at radius 1 is 1.06 bits per heavy atom. The van der Waals surface area contributed by atoms with Gasteiger partial charge in [-0.1, -0.05) is 56.2 Å². The molecule has 3 rings (SSSR count). The molecule has 32 heavy (non-hydrogen) atoms. The third-order valence-corrected chi connectivity index (χ3v) is 6.38. The maximum absolute atomic E-state index is 13.4. The van der Waals surface area contributed by atoms with E-state index in [9.17, 15) is 9.59 Å². The standard InChI is InChI=1S/C27H36N2O3/c1-5-24(27(31)28-23-12-8-9-13-23)29(17-22-11-7-6-10-20(22)3)26(30)18-32-25-16-19(2)14-15-21(25)4/h6-7,10-11,14-16,23-24H,5,8-9,12-13,17-18H2,1-4H3,(H,28,31)/t24-/m0/s1. The lowest BCUT2D eigenvalue weighted by atomic mass is 10.1. The van der Waals surface area contributed by atoms with Crippen LogP contribution in [0.1, 0.15) is 61.3 Å². The molecule has 0 radical (unpaired) electrons. The van der Waals surface area contributed by atoms with Crippen LogP contribution in [0.5, 0.6) is 5.75 Å². The van der Waals surface area contributed by atoms with E-state index in [-0.39, 0.29) is 24.5 Å². The van der Waals surface area contributed by atoms with Crippen molar-refractivity contribution in [1.29, 1.82) is 0 Å². The summed E-state index contributed by atoms with van der Waals surface area (Å²) >= 11 is 0. The number of nitrogens with zero attached hydrogens (tertiary/aromatic N) is 1. The third kappa shape index (κ3) is 6.12. The number of hydrogen-bond donors (Lipinski definition) is 1. The molecule has 1 saturated carbocycles. The van der Waals surface area contributed by atoms with E-state index in [4.69, 9.17) is 4.74 Å². The average Bonchev–Trinajstić information content (AvgIpc) is 3.28. The van der Waals surface area contributed by atoms with Gasteiger partial charge in [-0.2, -0.15) is 0 Å². The van der Waals surface area contributed by atoms with Crippen LogP contribution in [0.15, 0.2) is 42.5 Å². The topological polar surface area (TPSA) is 58.6 Å². The first-order chi connectivity index (χ1) is 15.4. The molecule has 5 heteroatoms. The highest BCUT2D eigenvalue weighted by atomic mass is 16.5. The molecule has 0 saturated heterocycles. The molecule has 0 spiro atoms. The van der Waals surface area contributed by atoms with Gasteiger partial charge >= 0.3 is 0 Å². The predicted molar refractivity (Wildman–Crippen MR) is 128 cm³/mol. The van der Waals surface area contributed by atoms with Crippen LogP contribution in [-0.2, 0) is 16.1 Å². The highest BCUT2D eigenvalue weighted by Crippen LogP contribution is 2.22. The molecule has 1 aliphatic carbocycles. The molecule has 0 bridgehead atoms. The highest BCUT2D eigenvalue weighted by Gasteiger charge is 2.31. The first-order valence-corrected chi connectivity index (χ1v) is 11.7. The molecular formula is C27H36N2O3. The smallest absolute Gasteiger partial charge is 0.261 e. The Labute approximate surface area is 192 Å². The minimum atomic E-state index is -0.523.